The minimum Gasteiger partial charge on any atom is -0.379 e. The molecule has 0 spiro atoms. The normalized spacial score (nSPS) is 20.8. The molecule has 0 radical (unpaired) electrons. The Bertz CT molecular complexity index is 436. The molecular formula is C15H25N3OS. The van der Waals surface area contributed by atoms with Gasteiger partial charge in [0.05, 0.1) is 25.5 Å². The Kier molecular flexibility index (Phi) is 4.71. The zero-order valence-corrected chi connectivity index (χ0v) is 13.3. The van der Waals surface area contributed by atoms with Crippen LogP contribution in [0, 0.1) is 0 Å². The lowest BCUT2D eigenvalue weighted by atomic mass is 10.2. The lowest BCUT2D eigenvalue weighted by Gasteiger charge is -2.25. The van der Waals surface area contributed by atoms with E-state index < -0.39 is 0 Å². The molecule has 2 heterocycles. The number of thiazole rings is 1. The van der Waals surface area contributed by atoms with Crippen molar-refractivity contribution in [3.05, 3.63) is 15.6 Å². The number of hydrogen-bond donors (Lipinski definition) is 1. The maximum Gasteiger partial charge on any atom is 0.107 e. The Balaban J connectivity index is 1.66. The molecule has 0 unspecified atom stereocenters. The van der Waals surface area contributed by atoms with Crippen LogP contribution in [0.4, 0.5) is 0 Å². The first kappa shape index (κ1) is 14.4. The number of nitrogens with zero attached hydrogens (tertiary/aromatic N) is 2. The van der Waals surface area contributed by atoms with E-state index >= 15 is 0 Å². The molecule has 0 aromatic carbocycles. The fourth-order valence-corrected chi connectivity index (χ4v) is 3.68. The summed E-state index contributed by atoms with van der Waals surface area (Å²) in [5.74, 6) is 0.744. The summed E-state index contributed by atoms with van der Waals surface area (Å²) in [5.41, 5.74) is 1.38. The molecule has 2 aliphatic rings. The van der Waals surface area contributed by atoms with Gasteiger partial charge in [0.25, 0.3) is 0 Å². The summed E-state index contributed by atoms with van der Waals surface area (Å²) in [5, 5.41) is 4.83. The molecule has 4 nitrogen and oxygen atoms in total. The highest BCUT2D eigenvalue weighted by Crippen LogP contribution is 2.42. The number of rotatable bonds is 6. The molecular weight excluding hydrogens is 270 g/mol. The summed E-state index contributed by atoms with van der Waals surface area (Å²) in [4.78, 5) is 8.86. The van der Waals surface area contributed by atoms with Crippen LogP contribution in [-0.4, -0.2) is 42.2 Å². The van der Waals surface area contributed by atoms with Crippen molar-refractivity contribution < 1.29 is 4.74 Å². The van der Waals surface area contributed by atoms with Gasteiger partial charge in [0, 0.05) is 36.5 Å². The number of ether oxygens (including phenoxy) is 1. The fraction of sp³-hybridized carbons (Fsp3) is 0.800. The quantitative estimate of drug-likeness (QED) is 0.874. The topological polar surface area (TPSA) is 37.4 Å². The van der Waals surface area contributed by atoms with Gasteiger partial charge in [-0.05, 0) is 12.8 Å². The molecule has 3 rings (SSSR count). The SMILES string of the molecule is CC(C)NCc1sc(CN2CCOCC2)nc1C1CC1. The highest BCUT2D eigenvalue weighted by Gasteiger charge is 2.29. The number of morpholine rings is 1. The first-order chi connectivity index (χ1) is 9.72. The largest absolute Gasteiger partial charge is 0.379 e. The van der Waals surface area contributed by atoms with Gasteiger partial charge in [-0.25, -0.2) is 4.98 Å². The van der Waals surface area contributed by atoms with Crippen LogP contribution in [0.2, 0.25) is 0 Å². The van der Waals surface area contributed by atoms with Crippen LogP contribution in [0.3, 0.4) is 0 Å². The Morgan fingerprint density at radius 1 is 1.35 bits per heavy atom. The van der Waals surface area contributed by atoms with E-state index in [0.29, 0.717) is 6.04 Å². The van der Waals surface area contributed by atoms with Crippen molar-refractivity contribution in [3.63, 3.8) is 0 Å². The predicted octanol–water partition coefficient (Wildman–Crippen LogP) is 2.35. The van der Waals surface area contributed by atoms with Gasteiger partial charge < -0.3 is 10.1 Å². The highest BCUT2D eigenvalue weighted by atomic mass is 32.1. The van der Waals surface area contributed by atoms with Crippen molar-refractivity contribution in [1.82, 2.24) is 15.2 Å². The van der Waals surface area contributed by atoms with E-state index in [0.717, 1.165) is 45.3 Å². The molecule has 1 aliphatic heterocycles. The number of aromatic nitrogens is 1. The minimum atomic E-state index is 0.534. The van der Waals surface area contributed by atoms with Crippen LogP contribution in [0.15, 0.2) is 0 Å². The van der Waals surface area contributed by atoms with Gasteiger partial charge in [-0.3, -0.25) is 4.90 Å². The summed E-state index contributed by atoms with van der Waals surface area (Å²) < 4.78 is 5.41. The standard InChI is InChI=1S/C15H25N3OS/c1-11(2)16-9-13-15(12-3-4-12)17-14(20-13)10-18-5-7-19-8-6-18/h11-12,16H,3-10H2,1-2H3. The molecule has 112 valence electrons. The summed E-state index contributed by atoms with van der Waals surface area (Å²) in [6.45, 7) is 10.2. The van der Waals surface area contributed by atoms with Crippen molar-refractivity contribution in [3.8, 4) is 0 Å². The summed E-state index contributed by atoms with van der Waals surface area (Å²) >= 11 is 1.91. The molecule has 0 bridgehead atoms. The number of hydrogen-bond acceptors (Lipinski definition) is 5. The lowest BCUT2D eigenvalue weighted by molar-refractivity contribution is 0.0341. The van der Waals surface area contributed by atoms with Gasteiger partial charge in [-0.15, -0.1) is 11.3 Å². The molecule has 1 aliphatic carbocycles. The Morgan fingerprint density at radius 3 is 2.75 bits per heavy atom. The average Bonchev–Trinajstić information content (AvgIpc) is 3.20. The molecule has 1 aromatic heterocycles. The van der Waals surface area contributed by atoms with Gasteiger partial charge in [0.1, 0.15) is 5.01 Å². The lowest BCUT2D eigenvalue weighted by Crippen LogP contribution is -2.35. The fourth-order valence-electron chi connectivity index (χ4n) is 2.53. The van der Waals surface area contributed by atoms with Gasteiger partial charge in [-0.1, -0.05) is 13.8 Å². The van der Waals surface area contributed by atoms with E-state index in [1.54, 1.807) is 0 Å². The van der Waals surface area contributed by atoms with Crippen molar-refractivity contribution >= 4 is 11.3 Å². The van der Waals surface area contributed by atoms with Crippen LogP contribution in [-0.2, 0) is 17.8 Å². The van der Waals surface area contributed by atoms with Crippen LogP contribution in [0.1, 0.15) is 48.2 Å². The maximum atomic E-state index is 5.41. The predicted molar refractivity (Wildman–Crippen MR) is 82.2 cm³/mol. The van der Waals surface area contributed by atoms with E-state index in [1.807, 2.05) is 11.3 Å². The van der Waals surface area contributed by atoms with E-state index in [-0.39, 0.29) is 0 Å². The van der Waals surface area contributed by atoms with Crippen molar-refractivity contribution in [2.45, 2.75) is 51.7 Å². The van der Waals surface area contributed by atoms with Crippen LogP contribution >= 0.6 is 11.3 Å². The molecule has 0 amide bonds. The van der Waals surface area contributed by atoms with Crippen molar-refractivity contribution in [1.29, 1.82) is 0 Å². The van der Waals surface area contributed by atoms with Gasteiger partial charge in [0.15, 0.2) is 0 Å². The Morgan fingerprint density at radius 2 is 2.10 bits per heavy atom. The van der Waals surface area contributed by atoms with Crippen molar-refractivity contribution in [2.24, 2.45) is 0 Å². The highest BCUT2D eigenvalue weighted by molar-refractivity contribution is 7.11. The average molecular weight is 295 g/mol. The molecule has 1 aromatic rings. The van der Waals surface area contributed by atoms with E-state index in [1.165, 1.54) is 28.4 Å². The zero-order valence-electron chi connectivity index (χ0n) is 12.5. The van der Waals surface area contributed by atoms with Crippen LogP contribution < -0.4 is 5.32 Å². The second kappa shape index (κ2) is 6.52. The van der Waals surface area contributed by atoms with Crippen LogP contribution in [0.5, 0.6) is 0 Å². The number of nitrogens with one attached hydrogen (secondary N) is 1. The monoisotopic (exact) mass is 295 g/mol. The van der Waals surface area contributed by atoms with Crippen LogP contribution in [0.25, 0.3) is 0 Å². The Hall–Kier alpha value is -0.490. The second-order valence-electron chi connectivity index (χ2n) is 6.11. The van der Waals surface area contributed by atoms with E-state index in [4.69, 9.17) is 9.72 Å². The Labute approximate surface area is 125 Å². The first-order valence-electron chi connectivity index (χ1n) is 7.74. The third-order valence-corrected chi connectivity index (χ3v) is 4.93. The maximum absolute atomic E-state index is 5.41. The molecule has 1 saturated heterocycles. The second-order valence-corrected chi connectivity index (χ2v) is 7.28. The smallest absolute Gasteiger partial charge is 0.107 e. The molecule has 1 saturated carbocycles. The molecule has 20 heavy (non-hydrogen) atoms. The van der Waals surface area contributed by atoms with Crippen molar-refractivity contribution in [2.75, 3.05) is 26.3 Å². The first-order valence-corrected chi connectivity index (χ1v) is 8.56. The minimum absolute atomic E-state index is 0.534. The third-order valence-electron chi connectivity index (χ3n) is 3.87. The summed E-state index contributed by atoms with van der Waals surface area (Å²) in [6, 6.07) is 0.534. The molecule has 5 heteroatoms. The zero-order chi connectivity index (χ0) is 13.9. The summed E-state index contributed by atoms with van der Waals surface area (Å²) in [6.07, 6.45) is 2.66. The van der Waals surface area contributed by atoms with E-state index in [2.05, 4.69) is 24.1 Å². The van der Waals surface area contributed by atoms with Gasteiger partial charge in [-0.2, -0.15) is 0 Å². The van der Waals surface area contributed by atoms with E-state index in [9.17, 15) is 0 Å². The molecule has 1 N–H and O–H groups in total. The van der Waals surface area contributed by atoms with Gasteiger partial charge >= 0.3 is 0 Å². The molecule has 2 fully saturated rings. The molecule has 0 atom stereocenters. The van der Waals surface area contributed by atoms with Gasteiger partial charge in [0.2, 0.25) is 0 Å². The third kappa shape index (κ3) is 3.79. The summed E-state index contributed by atoms with van der Waals surface area (Å²) in [7, 11) is 0.